The van der Waals surface area contributed by atoms with Gasteiger partial charge in [0.25, 0.3) is 0 Å². The standard InChI is InChI=1S/C14H24NO2.Y/c1-3-13(2)8-7-9-14(16)17-12-15-10-5-4-6-11-15;/h7-9,13H,3-6,10-12H2,1-2H3;/q-1;/b9-7+;. The van der Waals surface area contributed by atoms with Crippen LogP contribution in [0.5, 0.6) is 0 Å². The molecule has 4 heteroatoms. The van der Waals surface area contributed by atoms with E-state index in [1.807, 2.05) is 6.42 Å². The topological polar surface area (TPSA) is 29.5 Å². The van der Waals surface area contributed by atoms with E-state index in [4.69, 9.17) is 4.74 Å². The van der Waals surface area contributed by atoms with E-state index >= 15 is 0 Å². The van der Waals surface area contributed by atoms with Crippen LogP contribution in [0.1, 0.15) is 39.5 Å². The fourth-order valence-electron chi connectivity index (χ4n) is 1.75. The molecule has 3 nitrogen and oxygen atoms in total. The number of ether oxygens (including phenoxy) is 1. The molecule has 1 rings (SSSR count). The molecule has 18 heavy (non-hydrogen) atoms. The summed E-state index contributed by atoms with van der Waals surface area (Å²) in [6.07, 6.45) is 10.2. The molecule has 0 bridgehead atoms. The minimum absolute atomic E-state index is 0. The van der Waals surface area contributed by atoms with Gasteiger partial charge in [0, 0.05) is 45.8 Å². The molecule has 0 aromatic heterocycles. The summed E-state index contributed by atoms with van der Waals surface area (Å²) in [6, 6.07) is 0. The number of esters is 1. The second-order valence-corrected chi connectivity index (χ2v) is 4.71. The molecule has 1 saturated heterocycles. The van der Waals surface area contributed by atoms with Crippen molar-refractivity contribution in [2.45, 2.75) is 39.5 Å². The summed E-state index contributed by atoms with van der Waals surface area (Å²) < 4.78 is 5.18. The average molecular weight is 327 g/mol. The van der Waals surface area contributed by atoms with Gasteiger partial charge in [0.05, 0.1) is 0 Å². The van der Waals surface area contributed by atoms with Crippen LogP contribution in [0, 0.1) is 12.3 Å². The van der Waals surface area contributed by atoms with E-state index in [0.29, 0.717) is 12.6 Å². The van der Waals surface area contributed by atoms with Crippen molar-refractivity contribution in [1.82, 2.24) is 4.90 Å². The fourth-order valence-corrected chi connectivity index (χ4v) is 1.75. The van der Waals surface area contributed by atoms with Crippen LogP contribution in [0.3, 0.4) is 0 Å². The molecule has 1 aliphatic heterocycles. The molecule has 0 spiro atoms. The molecular weight excluding hydrogens is 303 g/mol. The molecular formula is C14H24NO2Y-. The first-order valence-corrected chi connectivity index (χ1v) is 6.63. The Balaban J connectivity index is 0.00000289. The minimum Gasteiger partial charge on any atom is -0.460 e. The summed E-state index contributed by atoms with van der Waals surface area (Å²) in [5, 5.41) is 0. The van der Waals surface area contributed by atoms with Crippen molar-refractivity contribution in [3.63, 3.8) is 0 Å². The minimum atomic E-state index is -0.241. The molecule has 0 N–H and O–H groups in total. The maximum Gasteiger partial charge on any atom is 0.248 e. The quantitative estimate of drug-likeness (QED) is 0.427. The van der Waals surface area contributed by atoms with Crippen LogP contribution in [0.15, 0.2) is 12.2 Å². The third kappa shape index (κ3) is 8.28. The summed E-state index contributed by atoms with van der Waals surface area (Å²) in [6.45, 7) is 6.80. The van der Waals surface area contributed by atoms with Crippen LogP contribution in [0.25, 0.3) is 0 Å². The maximum atomic E-state index is 11.4. The number of carbonyl (C=O) groups excluding carboxylic acids is 1. The number of carbonyl (C=O) groups is 1. The average Bonchev–Trinajstić information content (AvgIpc) is 2.37. The van der Waals surface area contributed by atoms with Crippen molar-refractivity contribution in [2.24, 2.45) is 5.92 Å². The van der Waals surface area contributed by atoms with E-state index < -0.39 is 0 Å². The first kappa shape index (κ1) is 18.1. The van der Waals surface area contributed by atoms with Crippen LogP contribution in [0.2, 0.25) is 0 Å². The predicted molar refractivity (Wildman–Crippen MR) is 69.3 cm³/mol. The van der Waals surface area contributed by atoms with Crippen molar-refractivity contribution < 1.29 is 42.2 Å². The van der Waals surface area contributed by atoms with Gasteiger partial charge in [-0.15, -0.1) is 6.08 Å². The van der Waals surface area contributed by atoms with E-state index in [1.165, 1.54) is 25.3 Å². The SMILES string of the molecule is CCC(C)[CH-]/C=C/C(=O)OCN1CCCCC1.[Y]. The maximum absolute atomic E-state index is 11.4. The zero-order valence-corrected chi connectivity index (χ0v) is 14.4. The number of nitrogens with zero attached hydrogens (tertiary/aromatic N) is 1. The van der Waals surface area contributed by atoms with Crippen molar-refractivity contribution >= 4 is 5.97 Å². The van der Waals surface area contributed by atoms with Gasteiger partial charge >= 0.3 is 0 Å². The van der Waals surface area contributed by atoms with Crippen LogP contribution in [-0.2, 0) is 42.2 Å². The summed E-state index contributed by atoms with van der Waals surface area (Å²) in [4.78, 5) is 13.6. The third-order valence-electron chi connectivity index (χ3n) is 3.15. The van der Waals surface area contributed by atoms with Crippen LogP contribution in [-0.4, -0.2) is 30.7 Å². The summed E-state index contributed by atoms with van der Waals surface area (Å²) >= 11 is 0. The molecule has 0 amide bonds. The zero-order chi connectivity index (χ0) is 12.5. The Morgan fingerprint density at radius 1 is 1.39 bits per heavy atom. The molecule has 1 fully saturated rings. The molecule has 0 saturated carbocycles. The second kappa shape index (κ2) is 11.0. The van der Waals surface area contributed by atoms with Gasteiger partial charge in [-0.3, -0.25) is 9.69 Å². The fraction of sp³-hybridized carbons (Fsp3) is 0.714. The van der Waals surface area contributed by atoms with Gasteiger partial charge in [0.2, 0.25) is 5.97 Å². The third-order valence-corrected chi connectivity index (χ3v) is 3.15. The van der Waals surface area contributed by atoms with E-state index in [2.05, 4.69) is 18.7 Å². The molecule has 0 aromatic rings. The van der Waals surface area contributed by atoms with Gasteiger partial charge in [-0.25, -0.2) is 12.5 Å². The van der Waals surface area contributed by atoms with E-state index in [-0.39, 0.29) is 38.7 Å². The predicted octanol–water partition coefficient (Wildman–Crippen LogP) is 2.78. The number of hydrogen-bond acceptors (Lipinski definition) is 3. The Morgan fingerprint density at radius 2 is 2.06 bits per heavy atom. The van der Waals surface area contributed by atoms with Gasteiger partial charge in [-0.1, -0.05) is 32.6 Å². The number of piperidine rings is 1. The van der Waals surface area contributed by atoms with E-state index in [9.17, 15) is 4.79 Å². The van der Waals surface area contributed by atoms with Gasteiger partial charge in [-0.2, -0.15) is 0 Å². The monoisotopic (exact) mass is 327 g/mol. The van der Waals surface area contributed by atoms with Gasteiger partial charge in [-0.05, 0) is 12.8 Å². The number of allylic oxidation sites excluding steroid dienone is 1. The molecule has 0 aliphatic carbocycles. The molecule has 0 aromatic carbocycles. The van der Waals surface area contributed by atoms with Crippen LogP contribution < -0.4 is 0 Å². The Morgan fingerprint density at radius 3 is 2.67 bits per heavy atom. The van der Waals surface area contributed by atoms with E-state index in [0.717, 1.165) is 19.5 Å². The normalized spacial score (nSPS) is 18.1. The zero-order valence-electron chi connectivity index (χ0n) is 11.6. The first-order chi connectivity index (χ1) is 8.22. The molecule has 1 heterocycles. The second-order valence-electron chi connectivity index (χ2n) is 4.71. The summed E-state index contributed by atoms with van der Waals surface area (Å²) in [7, 11) is 0. The van der Waals surface area contributed by atoms with Gasteiger partial charge < -0.3 is 4.74 Å². The smallest absolute Gasteiger partial charge is 0.248 e. The number of rotatable bonds is 6. The molecule has 1 unspecified atom stereocenters. The van der Waals surface area contributed by atoms with Gasteiger partial charge in [0.1, 0.15) is 6.73 Å². The molecule has 1 aliphatic rings. The van der Waals surface area contributed by atoms with Crippen molar-refractivity contribution in [1.29, 1.82) is 0 Å². The Labute approximate surface area is 136 Å². The van der Waals surface area contributed by atoms with E-state index in [1.54, 1.807) is 6.08 Å². The number of hydrogen-bond donors (Lipinski definition) is 0. The van der Waals surface area contributed by atoms with Crippen molar-refractivity contribution in [3.05, 3.63) is 18.6 Å². The summed E-state index contributed by atoms with van der Waals surface area (Å²) in [5.41, 5.74) is 0. The van der Waals surface area contributed by atoms with Crippen LogP contribution >= 0.6 is 0 Å². The van der Waals surface area contributed by atoms with Crippen molar-refractivity contribution in [3.8, 4) is 0 Å². The molecule has 1 radical (unpaired) electrons. The first-order valence-electron chi connectivity index (χ1n) is 6.63. The van der Waals surface area contributed by atoms with Crippen LogP contribution in [0.4, 0.5) is 0 Å². The summed E-state index contributed by atoms with van der Waals surface area (Å²) in [5.74, 6) is 0.274. The van der Waals surface area contributed by atoms with Gasteiger partial charge in [0.15, 0.2) is 0 Å². The Hall–Kier alpha value is 0.144. The number of likely N-dealkylation sites (tertiary alicyclic amines) is 1. The molecule has 1 atom stereocenters. The Bertz CT molecular complexity index is 250. The van der Waals surface area contributed by atoms with Crippen molar-refractivity contribution in [2.75, 3.05) is 19.8 Å². The largest absolute Gasteiger partial charge is 0.460 e. The Kier molecular flexibility index (Phi) is 11.1. The molecule has 101 valence electrons.